The van der Waals surface area contributed by atoms with Gasteiger partial charge in [-0.2, -0.15) is 5.26 Å². The molecule has 24 heavy (non-hydrogen) atoms. The van der Waals surface area contributed by atoms with Crippen LogP contribution in [0.2, 0.25) is 0 Å². The Hall–Kier alpha value is -2.76. The molecule has 0 spiro atoms. The number of rotatable bonds is 6. The number of halogens is 1. The number of aromatic carboxylic acids is 1. The number of carbonyl (C=O) groups is 1. The quantitative estimate of drug-likeness (QED) is 0.829. The van der Waals surface area contributed by atoms with E-state index in [0.717, 1.165) is 23.8 Å². The minimum atomic E-state index is -3.89. The van der Waals surface area contributed by atoms with Crippen molar-refractivity contribution in [3.63, 3.8) is 0 Å². The number of carboxylic acids is 1. The number of carboxylic acid groups (broad SMARTS) is 1. The van der Waals surface area contributed by atoms with Gasteiger partial charge < -0.3 is 5.11 Å². The number of hydrogen-bond donors (Lipinski definition) is 2. The molecule has 0 saturated heterocycles. The van der Waals surface area contributed by atoms with E-state index < -0.39 is 21.8 Å². The van der Waals surface area contributed by atoms with E-state index >= 15 is 0 Å². The van der Waals surface area contributed by atoms with Crippen molar-refractivity contribution in [1.82, 2.24) is 4.72 Å². The van der Waals surface area contributed by atoms with Crippen LogP contribution >= 0.6 is 0 Å². The van der Waals surface area contributed by atoms with Gasteiger partial charge in [0.25, 0.3) is 0 Å². The predicted octanol–water partition coefficient (Wildman–Crippen LogP) is 1.92. The molecule has 0 fully saturated rings. The van der Waals surface area contributed by atoms with Gasteiger partial charge in [0, 0.05) is 6.54 Å². The lowest BCUT2D eigenvalue weighted by Crippen LogP contribution is -2.26. The Kier molecular flexibility index (Phi) is 5.28. The predicted molar refractivity (Wildman–Crippen MR) is 83.4 cm³/mol. The molecule has 0 aliphatic heterocycles. The molecule has 0 aliphatic carbocycles. The topological polar surface area (TPSA) is 107 Å². The third-order valence-corrected chi connectivity index (χ3v) is 4.74. The highest BCUT2D eigenvalue weighted by molar-refractivity contribution is 7.89. The minimum absolute atomic E-state index is 0.0658. The van der Waals surface area contributed by atoms with Crippen molar-refractivity contribution in [2.24, 2.45) is 0 Å². The summed E-state index contributed by atoms with van der Waals surface area (Å²) < 4.78 is 40.0. The molecule has 0 saturated carbocycles. The fourth-order valence-corrected chi connectivity index (χ4v) is 3.02. The van der Waals surface area contributed by atoms with Crippen LogP contribution in [0.25, 0.3) is 0 Å². The third-order valence-electron chi connectivity index (χ3n) is 3.28. The molecule has 0 aromatic heterocycles. The van der Waals surface area contributed by atoms with Gasteiger partial charge in [0.2, 0.25) is 10.0 Å². The first-order valence-electron chi connectivity index (χ1n) is 6.85. The van der Waals surface area contributed by atoms with Crippen LogP contribution in [0.15, 0.2) is 47.4 Å². The average Bonchev–Trinajstić information content (AvgIpc) is 2.55. The van der Waals surface area contributed by atoms with Crippen molar-refractivity contribution in [3.05, 3.63) is 65.0 Å². The maximum atomic E-state index is 13.5. The van der Waals surface area contributed by atoms with Gasteiger partial charge in [-0.05, 0) is 42.3 Å². The maximum Gasteiger partial charge on any atom is 0.335 e. The molecular formula is C16H13FN2O4S. The van der Waals surface area contributed by atoms with Crippen LogP contribution in [0.4, 0.5) is 4.39 Å². The van der Waals surface area contributed by atoms with Gasteiger partial charge >= 0.3 is 5.97 Å². The number of nitrogens with one attached hydrogen (secondary N) is 1. The molecule has 124 valence electrons. The number of nitriles is 1. The van der Waals surface area contributed by atoms with Crippen molar-refractivity contribution in [2.45, 2.75) is 11.3 Å². The van der Waals surface area contributed by atoms with E-state index in [-0.39, 0.29) is 22.6 Å². The maximum absolute atomic E-state index is 13.5. The van der Waals surface area contributed by atoms with E-state index in [0.29, 0.717) is 6.42 Å². The van der Waals surface area contributed by atoms with Gasteiger partial charge in [-0.3, -0.25) is 0 Å². The van der Waals surface area contributed by atoms with E-state index in [1.165, 1.54) is 12.1 Å². The van der Waals surface area contributed by atoms with E-state index in [4.69, 9.17) is 10.4 Å². The standard InChI is InChI=1S/C16H13FN2O4S/c17-15-9-14(6-5-13(15)10-18)24(22,23)19-8-7-11-1-3-12(4-2-11)16(20)21/h1-6,9,19H,7-8H2,(H,20,21). The fraction of sp³-hybridized carbons (Fsp3) is 0.125. The number of sulfonamides is 1. The first-order valence-corrected chi connectivity index (χ1v) is 8.33. The number of benzene rings is 2. The summed E-state index contributed by atoms with van der Waals surface area (Å²) >= 11 is 0. The molecule has 0 atom stereocenters. The van der Waals surface area contributed by atoms with Crippen LogP contribution in [-0.2, 0) is 16.4 Å². The molecular weight excluding hydrogens is 335 g/mol. The van der Waals surface area contributed by atoms with E-state index in [1.807, 2.05) is 0 Å². The van der Waals surface area contributed by atoms with Crippen LogP contribution in [0, 0.1) is 17.1 Å². The molecule has 2 aromatic rings. The Morgan fingerprint density at radius 1 is 1.21 bits per heavy atom. The van der Waals surface area contributed by atoms with Gasteiger partial charge in [0.1, 0.15) is 11.9 Å². The van der Waals surface area contributed by atoms with E-state index in [1.54, 1.807) is 18.2 Å². The normalized spacial score (nSPS) is 11.0. The second-order valence-corrected chi connectivity index (χ2v) is 6.67. The van der Waals surface area contributed by atoms with Gasteiger partial charge in [-0.15, -0.1) is 0 Å². The molecule has 2 N–H and O–H groups in total. The van der Waals surface area contributed by atoms with Gasteiger partial charge in [0.05, 0.1) is 16.0 Å². The zero-order valence-electron chi connectivity index (χ0n) is 12.4. The van der Waals surface area contributed by atoms with Crippen LogP contribution in [0.5, 0.6) is 0 Å². The highest BCUT2D eigenvalue weighted by atomic mass is 32.2. The second kappa shape index (κ2) is 7.21. The van der Waals surface area contributed by atoms with Crippen molar-refractivity contribution >= 4 is 16.0 Å². The first-order chi connectivity index (χ1) is 11.3. The van der Waals surface area contributed by atoms with Crippen LogP contribution < -0.4 is 4.72 Å². The summed E-state index contributed by atoms with van der Waals surface area (Å²) in [6.45, 7) is 0.0658. The Morgan fingerprint density at radius 2 is 1.88 bits per heavy atom. The summed E-state index contributed by atoms with van der Waals surface area (Å²) in [5.41, 5.74) is 0.675. The van der Waals surface area contributed by atoms with Crippen molar-refractivity contribution in [3.8, 4) is 6.07 Å². The van der Waals surface area contributed by atoms with E-state index in [2.05, 4.69) is 4.72 Å². The van der Waals surface area contributed by atoms with Crippen molar-refractivity contribution in [2.75, 3.05) is 6.54 Å². The summed E-state index contributed by atoms with van der Waals surface area (Å²) in [4.78, 5) is 10.5. The van der Waals surface area contributed by atoms with Gasteiger partial charge in [-0.1, -0.05) is 12.1 Å². The van der Waals surface area contributed by atoms with Crippen LogP contribution in [-0.4, -0.2) is 26.0 Å². The Labute approximate surface area is 138 Å². The fourth-order valence-electron chi connectivity index (χ4n) is 1.98. The smallest absolute Gasteiger partial charge is 0.335 e. The zero-order valence-corrected chi connectivity index (χ0v) is 13.2. The van der Waals surface area contributed by atoms with Crippen molar-refractivity contribution < 1.29 is 22.7 Å². The summed E-state index contributed by atoms with van der Waals surface area (Å²) in [5.74, 6) is -1.94. The molecule has 0 bridgehead atoms. The molecule has 0 heterocycles. The summed E-state index contributed by atoms with van der Waals surface area (Å²) in [6.07, 6.45) is 0.345. The van der Waals surface area contributed by atoms with Gasteiger partial charge in [-0.25, -0.2) is 22.3 Å². The molecule has 6 nitrogen and oxygen atoms in total. The highest BCUT2D eigenvalue weighted by Crippen LogP contribution is 2.14. The molecule has 0 aliphatic rings. The monoisotopic (exact) mass is 348 g/mol. The molecule has 0 radical (unpaired) electrons. The number of hydrogen-bond acceptors (Lipinski definition) is 4. The Bertz CT molecular complexity index is 903. The lowest BCUT2D eigenvalue weighted by molar-refractivity contribution is 0.0697. The highest BCUT2D eigenvalue weighted by Gasteiger charge is 2.15. The molecule has 8 heteroatoms. The number of nitrogens with zero attached hydrogens (tertiary/aromatic N) is 1. The summed E-state index contributed by atoms with van der Waals surface area (Å²) in [7, 11) is -3.89. The minimum Gasteiger partial charge on any atom is -0.478 e. The molecule has 2 aromatic carbocycles. The first kappa shape index (κ1) is 17.6. The second-order valence-electron chi connectivity index (χ2n) is 4.90. The lowest BCUT2D eigenvalue weighted by atomic mass is 10.1. The molecule has 0 unspecified atom stereocenters. The average molecular weight is 348 g/mol. The van der Waals surface area contributed by atoms with Crippen LogP contribution in [0.3, 0.4) is 0 Å². The van der Waals surface area contributed by atoms with E-state index in [9.17, 15) is 17.6 Å². The molecule has 2 rings (SSSR count). The zero-order chi connectivity index (χ0) is 17.7. The largest absolute Gasteiger partial charge is 0.478 e. The summed E-state index contributed by atoms with van der Waals surface area (Å²) in [6, 6.07) is 10.7. The molecule has 0 amide bonds. The summed E-state index contributed by atoms with van der Waals surface area (Å²) in [5, 5.41) is 17.4. The van der Waals surface area contributed by atoms with Gasteiger partial charge in [0.15, 0.2) is 0 Å². The SMILES string of the molecule is N#Cc1ccc(S(=O)(=O)NCCc2ccc(C(=O)O)cc2)cc1F. The third kappa shape index (κ3) is 4.16. The van der Waals surface area contributed by atoms with Crippen LogP contribution in [0.1, 0.15) is 21.5 Å². The Morgan fingerprint density at radius 3 is 2.42 bits per heavy atom. The lowest BCUT2D eigenvalue weighted by Gasteiger charge is -2.07. The van der Waals surface area contributed by atoms with Crippen molar-refractivity contribution in [1.29, 1.82) is 5.26 Å². The Balaban J connectivity index is 2.01.